The highest BCUT2D eigenvalue weighted by molar-refractivity contribution is 7.71. The van der Waals surface area contributed by atoms with Crippen LogP contribution in [0.3, 0.4) is 0 Å². The van der Waals surface area contributed by atoms with Gasteiger partial charge in [-0.05, 0) is 63.0 Å². The summed E-state index contributed by atoms with van der Waals surface area (Å²) in [7, 11) is 0. The molecular formula is C20H25N3O2S. The second-order valence-corrected chi connectivity index (χ2v) is 7.86. The first-order valence-electron chi connectivity index (χ1n) is 9.69. The minimum atomic E-state index is -0.100. The molecule has 0 bridgehead atoms. The molecule has 0 aliphatic heterocycles. The van der Waals surface area contributed by atoms with Gasteiger partial charge in [0.1, 0.15) is 0 Å². The molecule has 2 aromatic rings. The van der Waals surface area contributed by atoms with Gasteiger partial charge in [0.05, 0.1) is 10.9 Å². The number of nitrogens with one attached hydrogen (secondary N) is 1. The van der Waals surface area contributed by atoms with Crippen LogP contribution in [0.25, 0.3) is 10.9 Å². The van der Waals surface area contributed by atoms with Gasteiger partial charge in [-0.25, -0.2) is 0 Å². The molecule has 4 rings (SSSR count). The summed E-state index contributed by atoms with van der Waals surface area (Å²) in [5.74, 6) is 0.0975. The second kappa shape index (κ2) is 6.99. The van der Waals surface area contributed by atoms with E-state index in [1.54, 1.807) is 18.2 Å². The summed E-state index contributed by atoms with van der Waals surface area (Å²) in [5.41, 5.74) is 1.20. The van der Waals surface area contributed by atoms with Crippen LogP contribution < -0.4 is 5.56 Å². The van der Waals surface area contributed by atoms with Gasteiger partial charge in [0, 0.05) is 24.2 Å². The summed E-state index contributed by atoms with van der Waals surface area (Å²) in [5, 5.41) is 0.577. The van der Waals surface area contributed by atoms with E-state index < -0.39 is 0 Å². The average Bonchev–Trinajstić information content (AvgIpc) is 3.47. The Labute approximate surface area is 158 Å². The molecule has 1 N–H and O–H groups in total. The number of aromatic amines is 1. The van der Waals surface area contributed by atoms with Crippen LogP contribution in [-0.2, 0) is 6.54 Å². The summed E-state index contributed by atoms with van der Waals surface area (Å²) >= 11 is 5.29. The highest BCUT2D eigenvalue weighted by atomic mass is 32.1. The van der Waals surface area contributed by atoms with Crippen LogP contribution in [0.1, 0.15) is 62.2 Å². The van der Waals surface area contributed by atoms with Crippen LogP contribution in [0, 0.1) is 4.77 Å². The van der Waals surface area contributed by atoms with Gasteiger partial charge in [-0.2, -0.15) is 0 Å². The van der Waals surface area contributed by atoms with Crippen LogP contribution in [-0.4, -0.2) is 32.4 Å². The van der Waals surface area contributed by atoms with Crippen molar-refractivity contribution in [2.45, 2.75) is 70.5 Å². The van der Waals surface area contributed by atoms with E-state index in [9.17, 15) is 9.59 Å². The molecule has 2 fully saturated rings. The number of rotatable bonds is 4. The van der Waals surface area contributed by atoms with E-state index in [4.69, 9.17) is 12.2 Å². The fourth-order valence-corrected chi connectivity index (χ4v) is 4.49. The molecule has 1 heterocycles. The average molecular weight is 372 g/mol. The van der Waals surface area contributed by atoms with E-state index in [0.717, 1.165) is 25.7 Å². The Balaban J connectivity index is 1.72. The fraction of sp³-hybridized carbons (Fsp3) is 0.550. The lowest BCUT2D eigenvalue weighted by molar-refractivity contribution is 0.0614. The molecule has 5 nitrogen and oxygen atoms in total. The minimum Gasteiger partial charge on any atom is -0.333 e. The number of benzene rings is 1. The maximum absolute atomic E-state index is 13.3. The Bertz CT molecular complexity index is 952. The molecular weight excluding hydrogens is 346 g/mol. The monoisotopic (exact) mass is 371 g/mol. The molecule has 1 aromatic heterocycles. The van der Waals surface area contributed by atoms with Crippen molar-refractivity contribution in [3.8, 4) is 0 Å². The van der Waals surface area contributed by atoms with Crippen LogP contribution in [0.2, 0.25) is 0 Å². The SMILES string of the molecule is CCn1c(=S)[nH]c2cc(C(=O)N(C3CCCCC3)C3CC3)ccc2c1=O. The van der Waals surface area contributed by atoms with Crippen molar-refractivity contribution in [2.24, 2.45) is 0 Å². The van der Waals surface area contributed by atoms with Gasteiger partial charge in [0.15, 0.2) is 4.77 Å². The summed E-state index contributed by atoms with van der Waals surface area (Å²) in [6, 6.07) is 6.11. The Morgan fingerprint density at radius 3 is 2.54 bits per heavy atom. The number of nitrogens with zero attached hydrogens (tertiary/aromatic N) is 2. The summed E-state index contributed by atoms with van der Waals surface area (Å²) in [6.07, 6.45) is 8.14. The zero-order chi connectivity index (χ0) is 18.3. The van der Waals surface area contributed by atoms with Crippen molar-refractivity contribution in [3.63, 3.8) is 0 Å². The number of hydrogen-bond acceptors (Lipinski definition) is 3. The van der Waals surface area contributed by atoms with Gasteiger partial charge in [0.25, 0.3) is 11.5 Å². The molecule has 1 amide bonds. The summed E-state index contributed by atoms with van der Waals surface area (Å²) < 4.78 is 1.94. The van der Waals surface area contributed by atoms with Gasteiger partial charge < -0.3 is 9.88 Å². The summed E-state index contributed by atoms with van der Waals surface area (Å²) in [6.45, 7) is 2.42. The molecule has 0 atom stereocenters. The molecule has 2 aliphatic rings. The van der Waals surface area contributed by atoms with E-state index in [0.29, 0.717) is 39.9 Å². The lowest BCUT2D eigenvalue weighted by Gasteiger charge is -2.34. The van der Waals surface area contributed by atoms with E-state index in [1.807, 2.05) is 6.92 Å². The van der Waals surface area contributed by atoms with Crippen molar-refractivity contribution in [2.75, 3.05) is 0 Å². The summed E-state index contributed by atoms with van der Waals surface area (Å²) in [4.78, 5) is 31.0. The van der Waals surface area contributed by atoms with Crippen LogP contribution in [0.15, 0.2) is 23.0 Å². The Morgan fingerprint density at radius 2 is 1.88 bits per heavy atom. The van der Waals surface area contributed by atoms with Crippen LogP contribution in [0.4, 0.5) is 0 Å². The number of carbonyl (C=O) groups is 1. The molecule has 2 saturated carbocycles. The molecule has 0 radical (unpaired) electrons. The maximum atomic E-state index is 13.3. The predicted octanol–water partition coefficient (Wildman–Crippen LogP) is 4.02. The van der Waals surface area contributed by atoms with Crippen LogP contribution >= 0.6 is 12.2 Å². The van der Waals surface area contributed by atoms with E-state index in [2.05, 4.69) is 9.88 Å². The highest BCUT2D eigenvalue weighted by Gasteiger charge is 2.38. The van der Waals surface area contributed by atoms with E-state index in [1.165, 1.54) is 23.8 Å². The number of aromatic nitrogens is 2. The zero-order valence-electron chi connectivity index (χ0n) is 15.2. The molecule has 138 valence electrons. The number of hydrogen-bond donors (Lipinski definition) is 1. The Hall–Kier alpha value is -1.95. The first-order valence-corrected chi connectivity index (χ1v) is 10.1. The Morgan fingerprint density at radius 1 is 1.19 bits per heavy atom. The van der Waals surface area contributed by atoms with E-state index >= 15 is 0 Å². The standard InChI is InChI=1S/C20H25N3O2S/c1-2-22-19(25)16-11-8-13(12-17(16)21-20(22)26)18(24)23(15-9-10-15)14-6-4-3-5-7-14/h8,11-12,14-15H,2-7,9-10H2,1H3,(H,21,26). The molecule has 0 unspecified atom stereocenters. The zero-order valence-corrected chi connectivity index (χ0v) is 16.0. The fourth-order valence-electron chi connectivity index (χ4n) is 4.17. The molecule has 6 heteroatoms. The van der Waals surface area contributed by atoms with Gasteiger partial charge >= 0.3 is 0 Å². The number of H-pyrrole nitrogens is 1. The highest BCUT2D eigenvalue weighted by Crippen LogP contribution is 2.35. The molecule has 1 aromatic carbocycles. The third kappa shape index (κ3) is 3.11. The maximum Gasteiger partial charge on any atom is 0.262 e. The quantitative estimate of drug-likeness (QED) is 0.826. The van der Waals surface area contributed by atoms with Crippen molar-refractivity contribution in [3.05, 3.63) is 38.9 Å². The second-order valence-electron chi connectivity index (χ2n) is 7.48. The van der Waals surface area contributed by atoms with Crippen molar-refractivity contribution in [1.29, 1.82) is 0 Å². The third-order valence-electron chi connectivity index (χ3n) is 5.69. The lowest BCUT2D eigenvalue weighted by atomic mass is 9.93. The van der Waals surface area contributed by atoms with Crippen molar-refractivity contribution < 1.29 is 4.79 Å². The Kier molecular flexibility index (Phi) is 4.69. The predicted molar refractivity (Wildman–Crippen MR) is 105 cm³/mol. The molecule has 26 heavy (non-hydrogen) atoms. The number of fused-ring (bicyclic) bond motifs is 1. The van der Waals surface area contributed by atoms with E-state index in [-0.39, 0.29) is 11.5 Å². The van der Waals surface area contributed by atoms with Gasteiger partial charge in [-0.1, -0.05) is 19.3 Å². The topological polar surface area (TPSA) is 58.1 Å². The van der Waals surface area contributed by atoms with Crippen LogP contribution in [0.5, 0.6) is 0 Å². The number of carbonyl (C=O) groups excluding carboxylic acids is 1. The normalized spacial score (nSPS) is 18.2. The smallest absolute Gasteiger partial charge is 0.262 e. The number of amides is 1. The first kappa shape index (κ1) is 17.5. The lowest BCUT2D eigenvalue weighted by Crippen LogP contribution is -2.43. The molecule has 0 spiro atoms. The first-order chi connectivity index (χ1) is 12.6. The van der Waals surface area contributed by atoms with Gasteiger partial charge in [-0.15, -0.1) is 0 Å². The van der Waals surface area contributed by atoms with Gasteiger partial charge in [0.2, 0.25) is 0 Å². The minimum absolute atomic E-state index is 0.0975. The largest absolute Gasteiger partial charge is 0.333 e. The molecule has 2 aliphatic carbocycles. The van der Waals surface area contributed by atoms with Gasteiger partial charge in [-0.3, -0.25) is 14.2 Å². The third-order valence-corrected chi connectivity index (χ3v) is 6.01. The molecule has 0 saturated heterocycles. The van der Waals surface area contributed by atoms with Crippen molar-refractivity contribution in [1.82, 2.24) is 14.5 Å². The van der Waals surface area contributed by atoms with Crippen molar-refractivity contribution >= 4 is 29.0 Å².